The molecule has 1 aliphatic heterocycles. The van der Waals surface area contributed by atoms with Crippen molar-refractivity contribution in [1.82, 2.24) is 5.32 Å². The van der Waals surface area contributed by atoms with Gasteiger partial charge < -0.3 is 10.4 Å². The van der Waals surface area contributed by atoms with Gasteiger partial charge in [0.2, 0.25) is 0 Å². The number of hydrogen-bond donors (Lipinski definition) is 2. The van der Waals surface area contributed by atoms with E-state index >= 15 is 0 Å². The number of halogens is 2. The normalized spacial score (nSPS) is 21.5. The van der Waals surface area contributed by atoms with Crippen LogP contribution in [0, 0.1) is 0 Å². The van der Waals surface area contributed by atoms with Gasteiger partial charge in [0.15, 0.2) is 0 Å². The number of carbonyl (C=O) groups is 2. The number of nitrogens with one attached hydrogen (secondary N) is 1. The highest BCUT2D eigenvalue weighted by Crippen LogP contribution is 2.29. The summed E-state index contributed by atoms with van der Waals surface area (Å²) in [5, 5.41) is 11.8. The average molecular weight is 333 g/mol. The summed E-state index contributed by atoms with van der Waals surface area (Å²) in [7, 11) is 0. The zero-order chi connectivity index (χ0) is 15.5. The maximum absolute atomic E-state index is 12.2. The number of hydrogen-bond acceptors (Lipinski definition) is 4. The van der Waals surface area contributed by atoms with Crippen molar-refractivity contribution in [3.63, 3.8) is 0 Å². The predicted octanol–water partition coefficient (Wildman–Crippen LogP) is 2.69. The first-order valence-corrected chi connectivity index (χ1v) is 8.15. The van der Waals surface area contributed by atoms with Crippen LogP contribution in [0.3, 0.4) is 0 Å². The Hall–Kier alpha value is -1.28. The van der Waals surface area contributed by atoms with Gasteiger partial charge in [-0.05, 0) is 36.4 Å². The molecule has 1 heterocycles. The minimum Gasteiger partial charge on any atom is -0.479 e. The van der Waals surface area contributed by atoms with Gasteiger partial charge in [-0.1, -0.05) is 11.8 Å². The summed E-state index contributed by atoms with van der Waals surface area (Å²) in [5.41, 5.74) is -0.982. The van der Waals surface area contributed by atoms with Crippen molar-refractivity contribution in [1.29, 1.82) is 0 Å². The number of carboxylic acids is 1. The molecule has 4 nitrogen and oxygen atoms in total. The smallest absolute Gasteiger partial charge is 0.330 e. The van der Waals surface area contributed by atoms with E-state index in [0.29, 0.717) is 34.6 Å². The summed E-state index contributed by atoms with van der Waals surface area (Å²) in [6.45, 7) is 0. The summed E-state index contributed by atoms with van der Waals surface area (Å²) in [4.78, 5) is 23.8. The third-order valence-electron chi connectivity index (χ3n) is 3.13. The number of carbonyl (C=O) groups excluding carboxylic acids is 1. The van der Waals surface area contributed by atoms with Gasteiger partial charge in [0, 0.05) is 16.2 Å². The van der Waals surface area contributed by atoms with Crippen LogP contribution in [0.4, 0.5) is 8.78 Å². The van der Waals surface area contributed by atoms with Crippen molar-refractivity contribution >= 4 is 35.4 Å². The third-order valence-corrected chi connectivity index (χ3v) is 5.04. The Balaban J connectivity index is 2.07. The molecule has 1 aromatic carbocycles. The first kappa shape index (κ1) is 16.1. The van der Waals surface area contributed by atoms with Gasteiger partial charge in [0.1, 0.15) is 5.54 Å². The second-order valence-electron chi connectivity index (χ2n) is 4.55. The number of benzene rings is 1. The van der Waals surface area contributed by atoms with Crippen molar-refractivity contribution in [3.05, 3.63) is 29.8 Å². The Kier molecular flexibility index (Phi) is 5.10. The lowest BCUT2D eigenvalue weighted by Gasteiger charge is -2.24. The highest BCUT2D eigenvalue weighted by atomic mass is 32.2. The van der Waals surface area contributed by atoms with Crippen LogP contribution >= 0.6 is 23.5 Å². The van der Waals surface area contributed by atoms with Gasteiger partial charge in [-0.15, -0.1) is 0 Å². The zero-order valence-electron chi connectivity index (χ0n) is 10.8. The van der Waals surface area contributed by atoms with Crippen molar-refractivity contribution in [2.45, 2.75) is 22.6 Å². The Labute approximate surface area is 128 Å². The molecule has 8 heteroatoms. The molecule has 0 saturated carbocycles. The summed E-state index contributed by atoms with van der Waals surface area (Å²) < 4.78 is 24.4. The molecule has 1 unspecified atom stereocenters. The van der Waals surface area contributed by atoms with Crippen LogP contribution in [0.2, 0.25) is 0 Å². The largest absolute Gasteiger partial charge is 0.479 e. The van der Waals surface area contributed by atoms with E-state index in [-0.39, 0.29) is 5.56 Å². The third kappa shape index (κ3) is 3.88. The minimum atomic E-state index is -2.52. The van der Waals surface area contributed by atoms with E-state index in [4.69, 9.17) is 0 Å². The molecule has 1 aromatic rings. The molecule has 0 radical (unpaired) electrons. The second-order valence-corrected chi connectivity index (χ2v) is 6.72. The molecule has 0 bridgehead atoms. The van der Waals surface area contributed by atoms with Crippen LogP contribution in [0.1, 0.15) is 16.8 Å². The summed E-state index contributed by atoms with van der Waals surface area (Å²) in [6, 6.07) is 5.67. The monoisotopic (exact) mass is 333 g/mol. The van der Waals surface area contributed by atoms with Gasteiger partial charge >= 0.3 is 5.97 Å². The summed E-state index contributed by atoms with van der Waals surface area (Å²) in [6.07, 6.45) is 0.373. The molecule has 1 saturated heterocycles. The maximum Gasteiger partial charge on any atom is 0.330 e. The quantitative estimate of drug-likeness (QED) is 0.811. The van der Waals surface area contributed by atoms with Gasteiger partial charge in [-0.25, -0.2) is 4.79 Å². The number of thioether (sulfide) groups is 2. The van der Waals surface area contributed by atoms with Crippen molar-refractivity contribution in [2.75, 3.05) is 11.5 Å². The highest BCUT2D eigenvalue weighted by molar-refractivity contribution is 7.99. The van der Waals surface area contributed by atoms with E-state index in [1.165, 1.54) is 36.0 Å². The topological polar surface area (TPSA) is 66.4 Å². The first-order valence-electron chi connectivity index (χ1n) is 6.11. The average Bonchev–Trinajstić information content (AvgIpc) is 2.88. The van der Waals surface area contributed by atoms with Gasteiger partial charge in [0.05, 0.1) is 0 Å². The van der Waals surface area contributed by atoms with Gasteiger partial charge in [-0.3, -0.25) is 4.79 Å². The molecule has 1 amide bonds. The Morgan fingerprint density at radius 3 is 2.48 bits per heavy atom. The van der Waals surface area contributed by atoms with E-state index in [0.717, 1.165) is 0 Å². The first-order chi connectivity index (χ1) is 9.93. The van der Waals surface area contributed by atoms with Crippen LogP contribution in [-0.4, -0.2) is 39.8 Å². The molecule has 1 fully saturated rings. The SMILES string of the molecule is O=C(NC1(C(=O)O)CCSC1)c1ccc(SC(F)F)cc1. The predicted molar refractivity (Wildman–Crippen MR) is 78.1 cm³/mol. The van der Waals surface area contributed by atoms with E-state index < -0.39 is 23.2 Å². The van der Waals surface area contributed by atoms with Crippen molar-refractivity contribution in [3.8, 4) is 0 Å². The molecule has 0 spiro atoms. The molecule has 0 aromatic heterocycles. The van der Waals surface area contributed by atoms with Crippen LogP contribution in [0.25, 0.3) is 0 Å². The number of aliphatic carboxylic acids is 1. The Morgan fingerprint density at radius 1 is 1.33 bits per heavy atom. The van der Waals surface area contributed by atoms with Gasteiger partial charge in [-0.2, -0.15) is 20.5 Å². The van der Waals surface area contributed by atoms with Crippen LogP contribution < -0.4 is 5.32 Å². The van der Waals surface area contributed by atoms with Gasteiger partial charge in [0.25, 0.3) is 11.7 Å². The maximum atomic E-state index is 12.2. The molecule has 0 aliphatic carbocycles. The lowest BCUT2D eigenvalue weighted by Crippen LogP contribution is -2.54. The van der Waals surface area contributed by atoms with E-state index in [2.05, 4.69) is 5.32 Å². The molecule has 21 heavy (non-hydrogen) atoms. The molecular formula is C13H13F2NO3S2. The Bertz CT molecular complexity index is 531. The fourth-order valence-electron chi connectivity index (χ4n) is 1.96. The van der Waals surface area contributed by atoms with Crippen LogP contribution in [-0.2, 0) is 4.79 Å². The number of amides is 1. The lowest BCUT2D eigenvalue weighted by atomic mass is 9.98. The second kappa shape index (κ2) is 6.65. The zero-order valence-corrected chi connectivity index (χ0v) is 12.5. The van der Waals surface area contributed by atoms with Crippen molar-refractivity contribution < 1.29 is 23.5 Å². The lowest BCUT2D eigenvalue weighted by molar-refractivity contribution is -0.143. The summed E-state index contributed by atoms with van der Waals surface area (Å²) in [5.74, 6) is -3.07. The number of carboxylic acid groups (broad SMARTS) is 1. The fraction of sp³-hybridized carbons (Fsp3) is 0.385. The Morgan fingerprint density at radius 2 is 2.00 bits per heavy atom. The number of rotatable bonds is 5. The standard InChI is InChI=1S/C13H13F2NO3S2/c14-12(15)21-9-3-1-8(2-4-9)10(17)16-13(11(18)19)5-6-20-7-13/h1-4,12H,5-7H2,(H,16,17)(H,18,19). The molecular weight excluding hydrogens is 320 g/mol. The van der Waals surface area contributed by atoms with E-state index in [1.54, 1.807) is 0 Å². The molecule has 2 rings (SSSR count). The molecule has 2 N–H and O–H groups in total. The van der Waals surface area contributed by atoms with E-state index in [9.17, 15) is 23.5 Å². The van der Waals surface area contributed by atoms with Crippen molar-refractivity contribution in [2.24, 2.45) is 0 Å². The highest BCUT2D eigenvalue weighted by Gasteiger charge is 2.43. The molecule has 1 aliphatic rings. The van der Waals surface area contributed by atoms with Crippen LogP contribution in [0.5, 0.6) is 0 Å². The summed E-state index contributed by atoms with van der Waals surface area (Å²) >= 11 is 1.87. The molecule has 114 valence electrons. The fourth-order valence-corrected chi connectivity index (χ4v) is 3.79. The minimum absolute atomic E-state index is 0.256. The number of alkyl halides is 2. The molecule has 1 atom stereocenters. The van der Waals surface area contributed by atoms with E-state index in [1.807, 2.05) is 0 Å². The van der Waals surface area contributed by atoms with Crippen LogP contribution in [0.15, 0.2) is 29.2 Å².